The molecule has 3 rings (SSSR count). The zero-order chi connectivity index (χ0) is 23.4. The van der Waals surface area contributed by atoms with Crippen molar-refractivity contribution in [1.29, 1.82) is 0 Å². The van der Waals surface area contributed by atoms with E-state index in [1.54, 1.807) is 25.1 Å². The molecule has 8 nitrogen and oxygen atoms in total. The second-order valence-corrected chi connectivity index (χ2v) is 8.29. The molecule has 3 amide bonds. The quantitative estimate of drug-likeness (QED) is 0.592. The van der Waals surface area contributed by atoms with Gasteiger partial charge < -0.3 is 10.1 Å². The number of rotatable bonds is 6. The van der Waals surface area contributed by atoms with Gasteiger partial charge in [-0.25, -0.2) is 0 Å². The molecule has 0 aliphatic carbocycles. The van der Waals surface area contributed by atoms with Gasteiger partial charge in [0.2, 0.25) is 5.91 Å². The summed E-state index contributed by atoms with van der Waals surface area (Å²) < 4.78 is 5.04. The number of nitrogens with one attached hydrogen (secondary N) is 2. The number of hydrazine groups is 1. The van der Waals surface area contributed by atoms with Gasteiger partial charge >= 0.3 is 5.97 Å². The zero-order valence-corrected chi connectivity index (χ0v) is 19.1. The van der Waals surface area contributed by atoms with E-state index >= 15 is 0 Å². The molecular weight excluding hydrogens is 481 g/mol. The molecule has 1 aliphatic rings. The van der Waals surface area contributed by atoms with Crippen molar-refractivity contribution in [3.63, 3.8) is 0 Å². The van der Waals surface area contributed by atoms with E-state index in [4.69, 9.17) is 39.5 Å². The van der Waals surface area contributed by atoms with Crippen LogP contribution < -0.4 is 10.7 Å². The molecule has 0 radical (unpaired) electrons. The summed E-state index contributed by atoms with van der Waals surface area (Å²) in [7, 11) is 0. The predicted octanol–water partition coefficient (Wildman–Crippen LogP) is 3.63. The van der Waals surface area contributed by atoms with Crippen LogP contribution in [0.4, 0.5) is 5.69 Å². The van der Waals surface area contributed by atoms with Gasteiger partial charge in [0.1, 0.15) is 0 Å². The molecule has 1 aliphatic heterocycles. The van der Waals surface area contributed by atoms with E-state index in [2.05, 4.69) is 10.7 Å². The summed E-state index contributed by atoms with van der Waals surface area (Å²) in [5.41, 5.74) is 3.73. The largest absolute Gasteiger partial charge is 0.455 e. The van der Waals surface area contributed by atoms with Gasteiger partial charge in [0.15, 0.2) is 6.61 Å². The number of esters is 1. The minimum Gasteiger partial charge on any atom is -0.455 e. The third kappa shape index (κ3) is 5.70. The Balaban J connectivity index is 1.51. The Hall–Kier alpha value is -2.81. The van der Waals surface area contributed by atoms with E-state index in [9.17, 15) is 19.2 Å². The van der Waals surface area contributed by atoms with Crippen molar-refractivity contribution in [1.82, 2.24) is 10.4 Å². The van der Waals surface area contributed by atoms with Gasteiger partial charge in [-0.05, 0) is 42.8 Å². The maximum Gasteiger partial charge on any atom is 0.311 e. The number of nitrogens with zero attached hydrogens (tertiary/aromatic N) is 1. The van der Waals surface area contributed by atoms with Gasteiger partial charge in [-0.3, -0.25) is 29.6 Å². The summed E-state index contributed by atoms with van der Waals surface area (Å²) in [4.78, 5) is 49.0. The van der Waals surface area contributed by atoms with Crippen molar-refractivity contribution in [3.05, 3.63) is 62.6 Å². The van der Waals surface area contributed by atoms with Crippen LogP contribution in [0.2, 0.25) is 15.1 Å². The topological polar surface area (TPSA) is 105 Å². The first-order valence-electron chi connectivity index (χ1n) is 9.43. The fraction of sp³-hybridized carbons (Fsp3) is 0.238. The van der Waals surface area contributed by atoms with E-state index in [0.717, 1.165) is 5.01 Å². The fourth-order valence-electron chi connectivity index (χ4n) is 3.01. The molecule has 1 fully saturated rings. The Morgan fingerprint density at radius 3 is 2.59 bits per heavy atom. The lowest BCUT2D eigenvalue weighted by atomic mass is 10.1. The number of anilines is 1. The standard InChI is InChI=1S/C21H18Cl3N3O5/c1-11-15(23)3-2-4-17(11)25-18(28)10-32-21(31)12-7-19(29)27(9-12)26-20(30)14-6-5-13(22)8-16(14)24/h2-6,8,12H,7,9-10H2,1H3,(H,25,28)(H,26,30)/t12-/m0/s1. The number of amides is 3. The van der Waals surface area contributed by atoms with Gasteiger partial charge in [-0.15, -0.1) is 0 Å². The summed E-state index contributed by atoms with van der Waals surface area (Å²) in [6.45, 7) is 1.13. The summed E-state index contributed by atoms with van der Waals surface area (Å²) in [6, 6.07) is 9.36. The van der Waals surface area contributed by atoms with E-state index in [1.165, 1.54) is 18.2 Å². The molecule has 0 aromatic heterocycles. The molecule has 1 saturated heterocycles. The van der Waals surface area contributed by atoms with Crippen LogP contribution >= 0.6 is 34.8 Å². The van der Waals surface area contributed by atoms with Crippen molar-refractivity contribution in [3.8, 4) is 0 Å². The first-order valence-corrected chi connectivity index (χ1v) is 10.6. The first-order chi connectivity index (χ1) is 15.2. The number of carbonyl (C=O) groups excluding carboxylic acids is 4. The number of halogens is 3. The Kier molecular flexibility index (Phi) is 7.60. The lowest BCUT2D eigenvalue weighted by Crippen LogP contribution is -2.43. The minimum atomic E-state index is -0.829. The van der Waals surface area contributed by atoms with E-state index < -0.39 is 36.2 Å². The van der Waals surface area contributed by atoms with Gasteiger partial charge in [0, 0.05) is 22.2 Å². The molecular formula is C21H18Cl3N3O5. The third-order valence-corrected chi connectivity index (χ3v) is 5.72. The summed E-state index contributed by atoms with van der Waals surface area (Å²) in [5.74, 6) is -3.19. The Labute approximate surface area is 198 Å². The Morgan fingerprint density at radius 2 is 1.88 bits per heavy atom. The number of hydrogen-bond donors (Lipinski definition) is 2. The molecule has 11 heteroatoms. The Morgan fingerprint density at radius 1 is 1.12 bits per heavy atom. The molecule has 0 saturated carbocycles. The van der Waals surface area contributed by atoms with Gasteiger partial charge in [0.05, 0.1) is 23.0 Å². The Bertz CT molecular complexity index is 1090. The van der Waals surface area contributed by atoms with Crippen LogP contribution in [0.25, 0.3) is 0 Å². The van der Waals surface area contributed by atoms with Gasteiger partial charge in [-0.2, -0.15) is 0 Å². The highest BCUT2D eigenvalue weighted by molar-refractivity contribution is 6.36. The van der Waals surface area contributed by atoms with Crippen molar-refractivity contribution in [2.75, 3.05) is 18.5 Å². The first kappa shape index (κ1) is 23.8. The fourth-order valence-corrected chi connectivity index (χ4v) is 3.68. The summed E-state index contributed by atoms with van der Waals surface area (Å²) >= 11 is 17.8. The minimum absolute atomic E-state index is 0.0936. The van der Waals surface area contributed by atoms with Crippen LogP contribution in [0.3, 0.4) is 0 Å². The molecule has 168 valence electrons. The van der Waals surface area contributed by atoms with E-state index in [0.29, 0.717) is 21.3 Å². The second kappa shape index (κ2) is 10.2. The van der Waals surface area contributed by atoms with Gasteiger partial charge in [-0.1, -0.05) is 40.9 Å². The molecule has 32 heavy (non-hydrogen) atoms. The average molecular weight is 499 g/mol. The lowest BCUT2D eigenvalue weighted by molar-refractivity contribution is -0.151. The third-order valence-electron chi connectivity index (χ3n) is 4.76. The highest BCUT2D eigenvalue weighted by Crippen LogP contribution is 2.24. The van der Waals surface area contributed by atoms with E-state index in [-0.39, 0.29) is 23.6 Å². The average Bonchev–Trinajstić information content (AvgIpc) is 3.10. The highest BCUT2D eigenvalue weighted by atomic mass is 35.5. The van der Waals surface area contributed by atoms with Crippen LogP contribution in [-0.2, 0) is 19.1 Å². The molecule has 0 bridgehead atoms. The summed E-state index contributed by atoms with van der Waals surface area (Å²) in [5, 5.41) is 4.61. The van der Waals surface area contributed by atoms with Crippen LogP contribution in [0.15, 0.2) is 36.4 Å². The van der Waals surface area contributed by atoms with Crippen LogP contribution in [0, 0.1) is 12.8 Å². The monoisotopic (exact) mass is 497 g/mol. The van der Waals surface area contributed by atoms with Crippen molar-refractivity contribution in [2.45, 2.75) is 13.3 Å². The summed E-state index contributed by atoms with van der Waals surface area (Å²) in [6.07, 6.45) is -0.164. The normalized spacial score (nSPS) is 15.4. The highest BCUT2D eigenvalue weighted by Gasteiger charge is 2.37. The number of ether oxygens (including phenoxy) is 1. The van der Waals surface area contributed by atoms with Crippen molar-refractivity contribution in [2.24, 2.45) is 5.92 Å². The van der Waals surface area contributed by atoms with Crippen molar-refractivity contribution >= 4 is 64.2 Å². The molecule has 0 spiro atoms. The van der Waals surface area contributed by atoms with Crippen LogP contribution in [0.1, 0.15) is 22.3 Å². The maximum absolute atomic E-state index is 12.4. The molecule has 0 unspecified atom stereocenters. The maximum atomic E-state index is 12.4. The number of benzene rings is 2. The number of carbonyl (C=O) groups is 4. The van der Waals surface area contributed by atoms with Crippen LogP contribution in [-0.4, -0.2) is 41.9 Å². The van der Waals surface area contributed by atoms with Gasteiger partial charge in [0.25, 0.3) is 11.8 Å². The molecule has 2 aromatic rings. The SMILES string of the molecule is Cc1c(Cl)cccc1NC(=O)COC(=O)[C@H]1CC(=O)N(NC(=O)c2ccc(Cl)cc2Cl)C1. The molecule has 1 atom stereocenters. The van der Waals surface area contributed by atoms with E-state index in [1.807, 2.05) is 0 Å². The molecule has 2 N–H and O–H groups in total. The molecule has 2 aromatic carbocycles. The number of hydrogen-bond acceptors (Lipinski definition) is 5. The smallest absolute Gasteiger partial charge is 0.311 e. The predicted molar refractivity (Wildman–Crippen MR) is 120 cm³/mol. The lowest BCUT2D eigenvalue weighted by Gasteiger charge is -2.18. The second-order valence-electron chi connectivity index (χ2n) is 7.04. The van der Waals surface area contributed by atoms with Crippen LogP contribution in [0.5, 0.6) is 0 Å². The zero-order valence-electron chi connectivity index (χ0n) is 16.8. The molecule has 1 heterocycles. The van der Waals surface area contributed by atoms with Crippen molar-refractivity contribution < 1.29 is 23.9 Å².